The van der Waals surface area contributed by atoms with Gasteiger partial charge in [-0.15, -0.1) is 0 Å². The summed E-state index contributed by atoms with van der Waals surface area (Å²) in [6.45, 7) is 2.04. The van der Waals surface area contributed by atoms with E-state index in [0.29, 0.717) is 12.2 Å². The topological polar surface area (TPSA) is 61.5 Å². The molecule has 5 heteroatoms. The third kappa shape index (κ3) is 3.71. The first kappa shape index (κ1) is 13.4. The van der Waals surface area contributed by atoms with E-state index in [1.54, 1.807) is 6.92 Å². The third-order valence-electron chi connectivity index (χ3n) is 2.30. The molecule has 0 aliphatic carbocycles. The molecule has 0 saturated carbocycles. The monoisotopic (exact) mass is 241 g/mol. The van der Waals surface area contributed by atoms with Gasteiger partial charge in [0.25, 0.3) is 0 Å². The lowest BCUT2D eigenvalue weighted by Crippen LogP contribution is -2.17. The van der Waals surface area contributed by atoms with Gasteiger partial charge in [-0.1, -0.05) is 6.07 Å². The first-order valence-electron chi connectivity index (χ1n) is 5.33. The smallest absolute Gasteiger partial charge is 0.307 e. The zero-order chi connectivity index (χ0) is 12.8. The number of esters is 1. The normalized spacial score (nSPS) is 12.0. The highest BCUT2D eigenvalue weighted by atomic mass is 19.1. The Morgan fingerprint density at radius 3 is 2.82 bits per heavy atom. The SMILES string of the molecule is CCOC(=O)C[C@H](N)c1ccc(F)c(OC)c1. The van der Waals surface area contributed by atoms with Crippen LogP contribution in [0.25, 0.3) is 0 Å². The standard InChI is InChI=1S/C12H16FNO3/c1-3-17-12(15)7-10(14)8-4-5-9(13)11(6-8)16-2/h4-6,10H,3,7,14H2,1-2H3/t10-/m0/s1. The maximum absolute atomic E-state index is 13.2. The molecule has 0 fully saturated rings. The van der Waals surface area contributed by atoms with Gasteiger partial charge in [0.05, 0.1) is 20.1 Å². The van der Waals surface area contributed by atoms with Crippen LogP contribution in [-0.4, -0.2) is 19.7 Å². The van der Waals surface area contributed by atoms with Crippen LogP contribution >= 0.6 is 0 Å². The molecule has 0 amide bonds. The van der Waals surface area contributed by atoms with Gasteiger partial charge in [-0.2, -0.15) is 0 Å². The van der Waals surface area contributed by atoms with Crippen molar-refractivity contribution in [3.63, 3.8) is 0 Å². The molecule has 4 nitrogen and oxygen atoms in total. The second-order valence-electron chi connectivity index (χ2n) is 3.51. The quantitative estimate of drug-likeness (QED) is 0.798. The third-order valence-corrected chi connectivity index (χ3v) is 2.30. The van der Waals surface area contributed by atoms with Crippen molar-refractivity contribution < 1.29 is 18.7 Å². The summed E-state index contributed by atoms with van der Waals surface area (Å²) in [5.41, 5.74) is 6.46. The Kier molecular flexibility index (Phi) is 4.90. The summed E-state index contributed by atoms with van der Waals surface area (Å²) >= 11 is 0. The van der Waals surface area contributed by atoms with E-state index in [-0.39, 0.29) is 18.1 Å². The molecule has 0 unspecified atom stereocenters. The highest BCUT2D eigenvalue weighted by molar-refractivity contribution is 5.70. The molecule has 0 aromatic heterocycles. The van der Waals surface area contributed by atoms with Gasteiger partial charge in [0.2, 0.25) is 0 Å². The highest BCUT2D eigenvalue weighted by Crippen LogP contribution is 2.23. The van der Waals surface area contributed by atoms with Gasteiger partial charge >= 0.3 is 5.97 Å². The Balaban J connectivity index is 2.75. The van der Waals surface area contributed by atoms with Crippen LogP contribution in [0.2, 0.25) is 0 Å². The summed E-state index contributed by atoms with van der Waals surface area (Å²) < 4.78 is 22.8. The lowest BCUT2D eigenvalue weighted by Gasteiger charge is -2.12. The number of carbonyl (C=O) groups is 1. The van der Waals surface area contributed by atoms with Gasteiger partial charge in [-0.3, -0.25) is 4.79 Å². The first-order valence-corrected chi connectivity index (χ1v) is 5.33. The molecule has 0 heterocycles. The first-order chi connectivity index (χ1) is 8.08. The minimum atomic E-state index is -0.524. The fourth-order valence-corrected chi connectivity index (χ4v) is 1.42. The second kappa shape index (κ2) is 6.20. The maximum atomic E-state index is 13.2. The molecule has 94 valence electrons. The Morgan fingerprint density at radius 1 is 1.53 bits per heavy atom. The fourth-order valence-electron chi connectivity index (χ4n) is 1.42. The van der Waals surface area contributed by atoms with Gasteiger partial charge in [-0.05, 0) is 24.6 Å². The van der Waals surface area contributed by atoms with Crippen molar-refractivity contribution in [1.82, 2.24) is 0 Å². The van der Waals surface area contributed by atoms with Crippen LogP contribution in [0.3, 0.4) is 0 Å². The predicted octanol–water partition coefficient (Wildman–Crippen LogP) is 1.79. The molecule has 0 aliphatic rings. The molecular formula is C12H16FNO3. The van der Waals surface area contributed by atoms with Crippen LogP contribution in [-0.2, 0) is 9.53 Å². The molecule has 1 atom stereocenters. The molecule has 0 saturated heterocycles. The summed E-state index contributed by atoms with van der Waals surface area (Å²) in [6, 6.07) is 3.75. The van der Waals surface area contributed by atoms with Crippen molar-refractivity contribution in [2.24, 2.45) is 5.73 Å². The fraction of sp³-hybridized carbons (Fsp3) is 0.417. The van der Waals surface area contributed by atoms with Crippen LogP contribution in [0.4, 0.5) is 4.39 Å². The molecule has 0 spiro atoms. The summed E-state index contributed by atoms with van der Waals surface area (Å²) in [5, 5.41) is 0. The van der Waals surface area contributed by atoms with Crippen LogP contribution in [0.5, 0.6) is 5.75 Å². The molecule has 2 N–H and O–H groups in total. The van der Waals surface area contributed by atoms with Crippen LogP contribution in [0, 0.1) is 5.82 Å². The number of halogens is 1. The van der Waals surface area contributed by atoms with E-state index in [0.717, 1.165) is 0 Å². The average molecular weight is 241 g/mol. The minimum Gasteiger partial charge on any atom is -0.494 e. The van der Waals surface area contributed by atoms with E-state index >= 15 is 0 Å². The zero-order valence-corrected chi connectivity index (χ0v) is 9.90. The van der Waals surface area contributed by atoms with Crippen LogP contribution < -0.4 is 10.5 Å². The Labute approximate surface area is 99.5 Å². The van der Waals surface area contributed by atoms with Crippen molar-refractivity contribution >= 4 is 5.97 Å². The zero-order valence-electron chi connectivity index (χ0n) is 9.90. The summed E-state index contributed by atoms with van der Waals surface area (Å²) in [5.74, 6) is -0.718. The number of hydrogen-bond donors (Lipinski definition) is 1. The van der Waals surface area contributed by atoms with Crippen molar-refractivity contribution in [2.75, 3.05) is 13.7 Å². The van der Waals surface area contributed by atoms with Crippen molar-refractivity contribution in [2.45, 2.75) is 19.4 Å². The van der Waals surface area contributed by atoms with Crippen LogP contribution in [0.1, 0.15) is 24.9 Å². The van der Waals surface area contributed by atoms with Gasteiger partial charge in [0.1, 0.15) is 0 Å². The summed E-state index contributed by atoms with van der Waals surface area (Å²) in [4.78, 5) is 11.2. The lowest BCUT2D eigenvalue weighted by atomic mass is 10.0. The molecule has 1 rings (SSSR count). The molecule has 17 heavy (non-hydrogen) atoms. The number of hydrogen-bond acceptors (Lipinski definition) is 4. The van der Waals surface area contributed by atoms with Crippen LogP contribution in [0.15, 0.2) is 18.2 Å². The van der Waals surface area contributed by atoms with Crippen molar-refractivity contribution in [3.05, 3.63) is 29.6 Å². The number of nitrogens with two attached hydrogens (primary N) is 1. The van der Waals surface area contributed by atoms with E-state index < -0.39 is 11.9 Å². The van der Waals surface area contributed by atoms with E-state index in [1.165, 1.54) is 25.3 Å². The number of benzene rings is 1. The molecule has 1 aromatic carbocycles. The van der Waals surface area contributed by atoms with E-state index in [2.05, 4.69) is 0 Å². The largest absolute Gasteiger partial charge is 0.494 e. The summed E-state index contributed by atoms with van der Waals surface area (Å²) in [6.07, 6.45) is 0.0582. The minimum absolute atomic E-state index is 0.0582. The van der Waals surface area contributed by atoms with Gasteiger partial charge in [0.15, 0.2) is 11.6 Å². The highest BCUT2D eigenvalue weighted by Gasteiger charge is 2.14. The van der Waals surface area contributed by atoms with E-state index in [9.17, 15) is 9.18 Å². The van der Waals surface area contributed by atoms with Crippen molar-refractivity contribution in [1.29, 1.82) is 0 Å². The van der Waals surface area contributed by atoms with Gasteiger partial charge in [0, 0.05) is 6.04 Å². The van der Waals surface area contributed by atoms with E-state index in [4.69, 9.17) is 15.2 Å². The van der Waals surface area contributed by atoms with Crippen molar-refractivity contribution in [3.8, 4) is 5.75 Å². The Hall–Kier alpha value is -1.62. The Morgan fingerprint density at radius 2 is 2.24 bits per heavy atom. The average Bonchev–Trinajstić information content (AvgIpc) is 2.29. The molecule has 0 bridgehead atoms. The lowest BCUT2D eigenvalue weighted by molar-refractivity contribution is -0.143. The molecular weight excluding hydrogens is 225 g/mol. The van der Waals surface area contributed by atoms with E-state index in [1.807, 2.05) is 0 Å². The number of carbonyl (C=O) groups excluding carboxylic acids is 1. The summed E-state index contributed by atoms with van der Waals surface area (Å²) in [7, 11) is 1.37. The maximum Gasteiger partial charge on any atom is 0.307 e. The predicted molar refractivity (Wildman–Crippen MR) is 61.1 cm³/mol. The molecule has 0 aliphatic heterocycles. The second-order valence-corrected chi connectivity index (χ2v) is 3.51. The molecule has 0 radical (unpaired) electrons. The number of methoxy groups -OCH3 is 1. The number of rotatable bonds is 5. The Bertz CT molecular complexity index is 395. The number of ether oxygens (including phenoxy) is 2. The molecule has 1 aromatic rings. The van der Waals surface area contributed by atoms with Gasteiger partial charge < -0.3 is 15.2 Å². The van der Waals surface area contributed by atoms with Gasteiger partial charge in [-0.25, -0.2) is 4.39 Å².